The molecule has 8 heteroatoms. The zero-order valence-corrected chi connectivity index (χ0v) is 13.8. The van der Waals surface area contributed by atoms with Crippen molar-refractivity contribution in [3.8, 4) is 17.1 Å². The van der Waals surface area contributed by atoms with Gasteiger partial charge in [0.25, 0.3) is 5.91 Å². The van der Waals surface area contributed by atoms with Crippen molar-refractivity contribution in [1.29, 1.82) is 0 Å². The van der Waals surface area contributed by atoms with Crippen LogP contribution < -0.4 is 10.1 Å². The van der Waals surface area contributed by atoms with Crippen LogP contribution in [0.15, 0.2) is 33.3 Å². The van der Waals surface area contributed by atoms with E-state index in [2.05, 4.69) is 20.6 Å². The molecule has 0 fully saturated rings. The quantitative estimate of drug-likeness (QED) is 0.778. The molecule has 1 aliphatic rings. The molecule has 1 atom stereocenters. The third kappa shape index (κ3) is 2.86. The number of aromatic nitrogens is 3. The Kier molecular flexibility index (Phi) is 3.72. The number of nitrogens with zero attached hydrogens (tertiary/aromatic N) is 3. The summed E-state index contributed by atoms with van der Waals surface area (Å²) in [5, 5.41) is 10.6. The summed E-state index contributed by atoms with van der Waals surface area (Å²) in [6, 6.07) is 6.98. The van der Waals surface area contributed by atoms with Gasteiger partial charge >= 0.3 is 0 Å². The van der Waals surface area contributed by atoms with Gasteiger partial charge in [-0.25, -0.2) is 0 Å². The predicted octanol–water partition coefficient (Wildman–Crippen LogP) is 2.46. The number of benzene rings is 1. The van der Waals surface area contributed by atoms with Gasteiger partial charge in [0.05, 0.1) is 11.7 Å². The molecule has 2 aromatic heterocycles. The molecular formula is C17H16N4O4. The van der Waals surface area contributed by atoms with Crippen molar-refractivity contribution in [2.75, 3.05) is 6.61 Å². The lowest BCUT2D eigenvalue weighted by Gasteiger charge is -2.10. The first-order valence-corrected chi connectivity index (χ1v) is 7.98. The predicted molar refractivity (Wildman–Crippen MR) is 86.1 cm³/mol. The largest absolute Gasteiger partial charge is 0.491 e. The average Bonchev–Trinajstić information content (AvgIpc) is 3.34. The topological polar surface area (TPSA) is 103 Å². The SMILES string of the molecule is CCc1nc(-c2ccc3c(c2)OC[C@H]3NC(=O)c2cc(C)no2)no1. The fourth-order valence-corrected chi connectivity index (χ4v) is 2.68. The molecule has 1 N–H and O–H groups in total. The minimum Gasteiger partial charge on any atom is -0.491 e. The summed E-state index contributed by atoms with van der Waals surface area (Å²) in [6.45, 7) is 4.06. The van der Waals surface area contributed by atoms with Crippen molar-refractivity contribution in [3.63, 3.8) is 0 Å². The third-order valence-electron chi connectivity index (χ3n) is 3.98. The molecule has 1 amide bonds. The van der Waals surface area contributed by atoms with Crippen LogP contribution in [0.4, 0.5) is 0 Å². The highest BCUT2D eigenvalue weighted by Crippen LogP contribution is 2.35. The molecule has 0 aliphatic carbocycles. The van der Waals surface area contributed by atoms with Crippen LogP contribution in [0.5, 0.6) is 5.75 Å². The number of nitrogens with one attached hydrogen (secondary N) is 1. The van der Waals surface area contributed by atoms with Crippen molar-refractivity contribution in [1.82, 2.24) is 20.6 Å². The number of hydrogen-bond acceptors (Lipinski definition) is 7. The maximum atomic E-state index is 12.2. The molecule has 1 aliphatic heterocycles. The monoisotopic (exact) mass is 340 g/mol. The number of ether oxygens (including phenoxy) is 1. The highest BCUT2D eigenvalue weighted by molar-refractivity contribution is 5.91. The lowest BCUT2D eigenvalue weighted by atomic mass is 10.1. The molecule has 0 unspecified atom stereocenters. The van der Waals surface area contributed by atoms with Gasteiger partial charge < -0.3 is 19.1 Å². The molecule has 0 saturated carbocycles. The Bertz CT molecular complexity index is 930. The number of aryl methyl sites for hydroxylation is 2. The van der Waals surface area contributed by atoms with Crippen LogP contribution in [0.3, 0.4) is 0 Å². The fourth-order valence-electron chi connectivity index (χ4n) is 2.68. The normalized spacial score (nSPS) is 15.7. The zero-order valence-electron chi connectivity index (χ0n) is 13.8. The van der Waals surface area contributed by atoms with E-state index in [0.29, 0.717) is 36.2 Å². The van der Waals surface area contributed by atoms with E-state index >= 15 is 0 Å². The average molecular weight is 340 g/mol. The zero-order chi connectivity index (χ0) is 17.4. The minimum atomic E-state index is -0.322. The maximum absolute atomic E-state index is 12.2. The van der Waals surface area contributed by atoms with Crippen molar-refractivity contribution >= 4 is 5.91 Å². The molecule has 0 bridgehead atoms. The van der Waals surface area contributed by atoms with Crippen molar-refractivity contribution < 1.29 is 18.6 Å². The molecule has 25 heavy (non-hydrogen) atoms. The Morgan fingerprint density at radius 2 is 2.16 bits per heavy atom. The second-order valence-electron chi connectivity index (χ2n) is 5.79. The number of hydrogen-bond donors (Lipinski definition) is 1. The first-order chi connectivity index (χ1) is 12.1. The van der Waals surface area contributed by atoms with Gasteiger partial charge in [0.1, 0.15) is 12.4 Å². The summed E-state index contributed by atoms with van der Waals surface area (Å²) in [5.74, 6) is 1.66. The number of fused-ring (bicyclic) bond motifs is 1. The Morgan fingerprint density at radius 3 is 2.88 bits per heavy atom. The van der Waals surface area contributed by atoms with E-state index in [1.807, 2.05) is 25.1 Å². The van der Waals surface area contributed by atoms with Gasteiger partial charge in [0.2, 0.25) is 17.5 Å². The maximum Gasteiger partial charge on any atom is 0.290 e. The fraction of sp³-hybridized carbons (Fsp3) is 0.294. The number of carbonyl (C=O) groups excluding carboxylic acids is 1. The van der Waals surface area contributed by atoms with Crippen LogP contribution >= 0.6 is 0 Å². The Balaban J connectivity index is 1.54. The van der Waals surface area contributed by atoms with Gasteiger partial charge in [-0.15, -0.1) is 0 Å². The van der Waals surface area contributed by atoms with E-state index in [1.165, 1.54) is 0 Å². The lowest BCUT2D eigenvalue weighted by molar-refractivity contribution is 0.0893. The molecule has 1 aromatic carbocycles. The van der Waals surface area contributed by atoms with Crippen LogP contribution in [-0.2, 0) is 6.42 Å². The first-order valence-electron chi connectivity index (χ1n) is 7.98. The van der Waals surface area contributed by atoms with Crippen LogP contribution in [0, 0.1) is 6.92 Å². The smallest absolute Gasteiger partial charge is 0.290 e. The summed E-state index contributed by atoms with van der Waals surface area (Å²) < 4.78 is 15.8. The van der Waals surface area contributed by atoms with Gasteiger partial charge in [0.15, 0.2) is 0 Å². The van der Waals surface area contributed by atoms with Crippen LogP contribution in [0.2, 0.25) is 0 Å². The molecule has 3 aromatic rings. The molecule has 128 valence electrons. The summed E-state index contributed by atoms with van der Waals surface area (Å²) in [7, 11) is 0. The van der Waals surface area contributed by atoms with Crippen LogP contribution in [-0.4, -0.2) is 27.8 Å². The van der Waals surface area contributed by atoms with E-state index in [9.17, 15) is 4.79 Å². The molecular weight excluding hydrogens is 324 g/mol. The van der Waals surface area contributed by atoms with E-state index in [0.717, 1.165) is 11.1 Å². The summed E-state index contributed by atoms with van der Waals surface area (Å²) in [5.41, 5.74) is 2.36. The summed E-state index contributed by atoms with van der Waals surface area (Å²) >= 11 is 0. The van der Waals surface area contributed by atoms with E-state index in [4.69, 9.17) is 13.8 Å². The third-order valence-corrected chi connectivity index (χ3v) is 3.98. The second kappa shape index (κ2) is 6.04. The van der Waals surface area contributed by atoms with Crippen molar-refractivity contribution in [2.24, 2.45) is 0 Å². The molecule has 3 heterocycles. The Hall–Kier alpha value is -3.16. The van der Waals surface area contributed by atoms with Gasteiger partial charge in [0, 0.05) is 23.6 Å². The summed E-state index contributed by atoms with van der Waals surface area (Å²) in [4.78, 5) is 16.5. The van der Waals surface area contributed by atoms with Gasteiger partial charge in [-0.05, 0) is 13.0 Å². The Labute approximate surface area is 143 Å². The highest BCUT2D eigenvalue weighted by Gasteiger charge is 2.28. The summed E-state index contributed by atoms with van der Waals surface area (Å²) in [6.07, 6.45) is 0.684. The van der Waals surface area contributed by atoms with E-state index in [1.54, 1.807) is 13.0 Å². The second-order valence-corrected chi connectivity index (χ2v) is 5.79. The minimum absolute atomic E-state index is 0.182. The van der Waals surface area contributed by atoms with E-state index in [-0.39, 0.29) is 17.7 Å². The number of amides is 1. The van der Waals surface area contributed by atoms with Crippen LogP contribution in [0.25, 0.3) is 11.4 Å². The van der Waals surface area contributed by atoms with Crippen LogP contribution in [0.1, 0.15) is 40.7 Å². The number of carbonyl (C=O) groups is 1. The molecule has 8 nitrogen and oxygen atoms in total. The van der Waals surface area contributed by atoms with Gasteiger partial charge in [-0.1, -0.05) is 29.4 Å². The van der Waals surface area contributed by atoms with Crippen molar-refractivity contribution in [3.05, 3.63) is 47.2 Å². The van der Waals surface area contributed by atoms with E-state index < -0.39 is 0 Å². The molecule has 4 rings (SSSR count). The van der Waals surface area contributed by atoms with Gasteiger partial charge in [-0.2, -0.15) is 4.98 Å². The van der Waals surface area contributed by atoms with Crippen molar-refractivity contribution in [2.45, 2.75) is 26.3 Å². The first kappa shape index (κ1) is 15.4. The lowest BCUT2D eigenvalue weighted by Crippen LogP contribution is -2.29. The molecule has 0 spiro atoms. The number of rotatable bonds is 4. The molecule has 0 saturated heterocycles. The standard InChI is InChI=1S/C17H16N4O4/c1-3-15-19-16(21-25-15)10-4-5-11-12(8-23-13(11)7-10)18-17(22)14-6-9(2)20-24-14/h4-7,12H,3,8H2,1-2H3,(H,18,22)/t12-/m1/s1. The molecule has 0 radical (unpaired) electrons. The van der Waals surface area contributed by atoms with Gasteiger partial charge in [-0.3, -0.25) is 4.79 Å². The Morgan fingerprint density at radius 1 is 1.28 bits per heavy atom. The highest BCUT2D eigenvalue weighted by atomic mass is 16.5.